The van der Waals surface area contributed by atoms with Gasteiger partial charge in [-0.05, 0) is 85.6 Å². The molecule has 2 aliphatic carbocycles. The van der Waals surface area contributed by atoms with Crippen LogP contribution in [0.2, 0.25) is 0 Å². The van der Waals surface area contributed by atoms with Gasteiger partial charge in [0, 0.05) is 44.6 Å². The van der Waals surface area contributed by atoms with Crippen LogP contribution in [0.1, 0.15) is 42.5 Å². The minimum Gasteiger partial charge on any atom is -0.461 e. The number of nitrogens with one attached hydrogen (secondary N) is 2. The lowest BCUT2D eigenvalue weighted by Gasteiger charge is -2.35. The molecule has 1 amide bonds. The molecule has 198 valence electrons. The third-order valence-corrected chi connectivity index (χ3v) is 9.14. The molecule has 2 atom stereocenters. The Morgan fingerprint density at radius 2 is 1.92 bits per heavy atom. The molecule has 2 saturated heterocycles. The van der Waals surface area contributed by atoms with Gasteiger partial charge in [0.2, 0.25) is 6.86 Å². The molecule has 1 aromatic heterocycles. The number of benzene rings is 1. The number of pyridine rings is 1. The number of amides is 1. The Morgan fingerprint density at radius 1 is 1.14 bits per heavy atom. The first kappa shape index (κ1) is 24.8. The average molecular weight is 528 g/mol. The van der Waals surface area contributed by atoms with Crippen LogP contribution in [-0.2, 0) is 0 Å². The quantitative estimate of drug-likeness (QED) is 0.315. The summed E-state index contributed by atoms with van der Waals surface area (Å²) >= 11 is 1.36. The van der Waals surface area contributed by atoms with Crippen LogP contribution in [0.3, 0.4) is 0 Å². The number of ether oxygens (including phenoxy) is 1. The zero-order valence-corrected chi connectivity index (χ0v) is 21.7. The first-order valence-corrected chi connectivity index (χ1v) is 14.0. The molecule has 2 aromatic rings. The highest BCUT2D eigenvalue weighted by Crippen LogP contribution is 2.54. The smallest absolute Gasteiger partial charge is 0.259 e. The maximum absolute atomic E-state index is 13.6. The maximum Gasteiger partial charge on any atom is 0.259 e. The monoisotopic (exact) mass is 527 g/mol. The number of piperidine rings is 2. The maximum atomic E-state index is 13.6. The fourth-order valence-electron chi connectivity index (χ4n) is 5.80. The summed E-state index contributed by atoms with van der Waals surface area (Å²) in [5.74, 6) is 1.71. The summed E-state index contributed by atoms with van der Waals surface area (Å²) in [6, 6.07) is 7.35. The number of rotatable bonds is 10. The first-order valence-electron chi connectivity index (χ1n) is 13.2. The minimum absolute atomic E-state index is 0.0461. The van der Waals surface area contributed by atoms with Crippen molar-refractivity contribution in [3.8, 4) is 5.75 Å². The number of alkyl halides is 1. The number of anilines is 3. The predicted molar refractivity (Wildman–Crippen MR) is 143 cm³/mol. The molecule has 4 fully saturated rings. The van der Waals surface area contributed by atoms with Crippen molar-refractivity contribution in [3.05, 3.63) is 36.0 Å². The first-order chi connectivity index (χ1) is 18.1. The largest absolute Gasteiger partial charge is 0.461 e. The molecule has 8 nitrogen and oxygen atoms in total. The molecule has 37 heavy (non-hydrogen) atoms. The SMILES string of the molecule is O=C(Nc1ccc(OCF)c(N2CC3CC3C2)c1)c1cnc(SNCCO)cc1N1CCC2(CC1)CC2. The van der Waals surface area contributed by atoms with E-state index in [9.17, 15) is 9.18 Å². The topological polar surface area (TPSA) is 90.0 Å². The van der Waals surface area contributed by atoms with Crippen LogP contribution in [-0.4, -0.2) is 62.2 Å². The van der Waals surface area contributed by atoms with E-state index in [2.05, 4.69) is 24.8 Å². The molecule has 0 bridgehead atoms. The zero-order chi connectivity index (χ0) is 25.4. The number of carbonyl (C=O) groups excluding carboxylic acids is 1. The molecule has 3 heterocycles. The lowest BCUT2D eigenvalue weighted by molar-refractivity contribution is 0.102. The molecule has 1 spiro atoms. The third-order valence-electron chi connectivity index (χ3n) is 8.36. The van der Waals surface area contributed by atoms with E-state index in [4.69, 9.17) is 9.84 Å². The number of hydrogen-bond acceptors (Lipinski definition) is 8. The van der Waals surface area contributed by atoms with Gasteiger partial charge in [-0.2, -0.15) is 0 Å². The van der Waals surface area contributed by atoms with Gasteiger partial charge in [-0.3, -0.25) is 9.52 Å². The number of nitrogens with zero attached hydrogens (tertiary/aromatic N) is 3. The highest BCUT2D eigenvalue weighted by Gasteiger charge is 2.46. The molecule has 2 saturated carbocycles. The number of fused-ring (bicyclic) bond motifs is 1. The normalized spacial score (nSPS) is 23.2. The van der Waals surface area contributed by atoms with Gasteiger partial charge in [-0.1, -0.05) is 0 Å². The van der Waals surface area contributed by atoms with Gasteiger partial charge >= 0.3 is 0 Å². The summed E-state index contributed by atoms with van der Waals surface area (Å²) < 4.78 is 21.4. The number of aliphatic hydroxyl groups is 1. The average Bonchev–Trinajstić information content (AvgIpc) is 3.82. The summed E-state index contributed by atoms with van der Waals surface area (Å²) in [6.07, 6.45) is 7.85. The van der Waals surface area contributed by atoms with Gasteiger partial charge in [0.05, 0.1) is 23.5 Å². The van der Waals surface area contributed by atoms with Gasteiger partial charge in [0.1, 0.15) is 10.8 Å². The van der Waals surface area contributed by atoms with E-state index in [1.54, 1.807) is 18.3 Å². The van der Waals surface area contributed by atoms with E-state index in [0.717, 1.165) is 55.4 Å². The summed E-state index contributed by atoms with van der Waals surface area (Å²) in [4.78, 5) is 22.6. The minimum atomic E-state index is -0.886. The highest BCUT2D eigenvalue weighted by molar-refractivity contribution is 7.97. The van der Waals surface area contributed by atoms with E-state index < -0.39 is 6.86 Å². The molecular formula is C27H34FN5O3S. The Kier molecular flexibility index (Phi) is 6.89. The van der Waals surface area contributed by atoms with Crippen LogP contribution >= 0.6 is 11.9 Å². The van der Waals surface area contributed by atoms with Crippen molar-refractivity contribution in [1.82, 2.24) is 9.71 Å². The van der Waals surface area contributed by atoms with Gasteiger partial charge in [0.25, 0.3) is 5.91 Å². The standard InChI is InChI=1S/C27H34FN5O3S/c28-17-36-24-2-1-20(12-23(24)33-15-18-11-19(18)16-33)31-26(35)21-14-29-25(37-30-7-10-34)13-22(21)32-8-5-27(3-4-27)6-9-32/h1-2,12-14,18-19,30,34H,3-11,15-17H2,(H,31,35). The van der Waals surface area contributed by atoms with Crippen LogP contribution in [0.15, 0.2) is 35.5 Å². The van der Waals surface area contributed by atoms with Gasteiger partial charge in [-0.15, -0.1) is 0 Å². The predicted octanol–water partition coefficient (Wildman–Crippen LogP) is 4.07. The number of hydrogen-bond donors (Lipinski definition) is 3. The lowest BCUT2D eigenvalue weighted by atomic mass is 9.93. The number of aromatic nitrogens is 1. The molecular weight excluding hydrogens is 493 g/mol. The van der Waals surface area contributed by atoms with Crippen LogP contribution in [0.4, 0.5) is 21.5 Å². The number of carbonyl (C=O) groups is 1. The van der Waals surface area contributed by atoms with Crippen molar-refractivity contribution in [2.24, 2.45) is 17.3 Å². The van der Waals surface area contributed by atoms with Crippen molar-refractivity contribution in [3.63, 3.8) is 0 Å². The number of aliphatic hydroxyl groups excluding tert-OH is 1. The number of halogens is 1. The van der Waals surface area contributed by atoms with E-state index in [-0.39, 0.29) is 12.5 Å². The molecule has 4 aliphatic rings. The summed E-state index contributed by atoms with van der Waals surface area (Å²) in [5.41, 5.74) is 3.42. The van der Waals surface area contributed by atoms with Gasteiger partial charge < -0.3 is 25.0 Å². The molecule has 3 N–H and O–H groups in total. The molecule has 10 heteroatoms. The Bertz CT molecular complexity index is 1140. The van der Waals surface area contributed by atoms with E-state index in [0.29, 0.717) is 40.8 Å². The lowest BCUT2D eigenvalue weighted by Crippen LogP contribution is -2.35. The molecule has 2 aliphatic heterocycles. The van der Waals surface area contributed by atoms with Crippen molar-refractivity contribution in [2.75, 3.05) is 61.3 Å². The Balaban J connectivity index is 1.23. The van der Waals surface area contributed by atoms with Crippen LogP contribution in [0, 0.1) is 17.3 Å². The third kappa shape index (κ3) is 5.37. The van der Waals surface area contributed by atoms with Gasteiger partial charge in [-0.25, -0.2) is 9.37 Å². The van der Waals surface area contributed by atoms with Crippen molar-refractivity contribution >= 4 is 34.9 Å². The fourth-order valence-corrected chi connectivity index (χ4v) is 6.42. The summed E-state index contributed by atoms with van der Waals surface area (Å²) in [5, 5.41) is 12.9. The van der Waals surface area contributed by atoms with Gasteiger partial charge in [0.15, 0.2) is 0 Å². The van der Waals surface area contributed by atoms with E-state index in [1.807, 2.05) is 12.1 Å². The Labute approximate surface area is 221 Å². The highest BCUT2D eigenvalue weighted by atomic mass is 32.2. The van der Waals surface area contributed by atoms with Crippen molar-refractivity contribution in [1.29, 1.82) is 0 Å². The Hall–Kier alpha value is -2.56. The van der Waals surface area contributed by atoms with Crippen LogP contribution in [0.25, 0.3) is 0 Å². The second-order valence-electron chi connectivity index (χ2n) is 10.8. The summed E-state index contributed by atoms with van der Waals surface area (Å²) in [6.45, 7) is 3.36. The Morgan fingerprint density at radius 3 is 2.62 bits per heavy atom. The summed E-state index contributed by atoms with van der Waals surface area (Å²) in [7, 11) is 0. The molecule has 6 rings (SSSR count). The fraction of sp³-hybridized carbons (Fsp3) is 0.556. The van der Waals surface area contributed by atoms with E-state index >= 15 is 0 Å². The molecule has 2 unspecified atom stereocenters. The molecule has 1 aromatic carbocycles. The second kappa shape index (κ2) is 10.3. The second-order valence-corrected chi connectivity index (χ2v) is 11.7. The van der Waals surface area contributed by atoms with Crippen LogP contribution < -0.4 is 24.6 Å². The van der Waals surface area contributed by atoms with Crippen LogP contribution in [0.5, 0.6) is 5.75 Å². The molecule has 0 radical (unpaired) electrons. The van der Waals surface area contributed by atoms with E-state index in [1.165, 1.54) is 31.2 Å². The van der Waals surface area contributed by atoms with Crippen molar-refractivity contribution < 1.29 is 19.0 Å². The van der Waals surface area contributed by atoms with Crippen molar-refractivity contribution in [2.45, 2.75) is 37.1 Å². The zero-order valence-electron chi connectivity index (χ0n) is 20.9.